The molecule has 0 radical (unpaired) electrons. The molecule has 5 heteroatoms. The highest BCUT2D eigenvalue weighted by Crippen LogP contribution is 2.24. The third kappa shape index (κ3) is 7.73. The summed E-state index contributed by atoms with van der Waals surface area (Å²) in [7, 11) is 1.87. The number of allylic oxidation sites excluding steroid dienone is 2. The van der Waals surface area contributed by atoms with E-state index in [4.69, 9.17) is 11.6 Å². The first kappa shape index (κ1) is 19.8. The van der Waals surface area contributed by atoms with Crippen LogP contribution >= 0.6 is 35.1 Å². The fraction of sp³-hybridized carbons (Fsp3) is 0.222. The van der Waals surface area contributed by atoms with E-state index in [0.29, 0.717) is 0 Å². The molecule has 0 aliphatic heterocycles. The van der Waals surface area contributed by atoms with Crippen LogP contribution in [0, 0.1) is 0 Å². The number of hydrogen-bond donors (Lipinski definition) is 2. The van der Waals surface area contributed by atoms with Gasteiger partial charge in [0.15, 0.2) is 0 Å². The van der Waals surface area contributed by atoms with Gasteiger partial charge in [0, 0.05) is 23.5 Å². The third-order valence-corrected chi connectivity index (χ3v) is 5.24. The van der Waals surface area contributed by atoms with Gasteiger partial charge in [0.05, 0.1) is 10.1 Å². The van der Waals surface area contributed by atoms with Crippen LogP contribution in [0.4, 0.5) is 0 Å². The molecule has 2 nitrogen and oxygen atoms in total. The molecule has 0 amide bonds. The summed E-state index contributed by atoms with van der Waals surface area (Å²) in [5.74, 6) is 0. The lowest BCUT2D eigenvalue weighted by atomic mass is 10.1. The van der Waals surface area contributed by atoms with Crippen LogP contribution in [-0.4, -0.2) is 13.6 Å². The number of benzene rings is 1. The van der Waals surface area contributed by atoms with Gasteiger partial charge in [0.1, 0.15) is 0 Å². The van der Waals surface area contributed by atoms with E-state index in [1.165, 1.54) is 10.5 Å². The van der Waals surface area contributed by atoms with Gasteiger partial charge in [-0.3, -0.25) is 0 Å². The summed E-state index contributed by atoms with van der Waals surface area (Å²) in [6.07, 6.45) is 2.08. The van der Waals surface area contributed by atoms with E-state index in [1.807, 2.05) is 38.2 Å². The number of nitrogens with one attached hydrogen (secondary N) is 2. The Kier molecular flexibility index (Phi) is 9.07. The molecular weight excluding hydrogens is 344 g/mol. The minimum atomic E-state index is 0.738. The van der Waals surface area contributed by atoms with Crippen LogP contribution < -0.4 is 10.6 Å². The number of thioether (sulfide) groups is 2. The standard InChI is InChI=1S/C18H23ClN2S2/c1-6-18(23-14(3)20-5)11-21-15(4)22-12-13(2)16-7-9-17(19)10-8-16/h6-10,12,20-21H,3-4,11H2,1-2,5H3/b13-12+,18-6-. The van der Waals surface area contributed by atoms with E-state index in [1.54, 1.807) is 23.5 Å². The second-order valence-corrected chi connectivity index (χ2v) is 7.35. The fourth-order valence-corrected chi connectivity index (χ4v) is 2.99. The minimum Gasteiger partial charge on any atom is -0.383 e. The molecule has 0 atom stereocenters. The molecule has 2 N–H and O–H groups in total. The Morgan fingerprint density at radius 1 is 1.22 bits per heavy atom. The summed E-state index contributed by atoms with van der Waals surface area (Å²) in [6, 6.07) is 7.83. The van der Waals surface area contributed by atoms with Crippen LogP contribution in [0.3, 0.4) is 0 Å². The maximum atomic E-state index is 5.91. The van der Waals surface area contributed by atoms with Crippen molar-refractivity contribution in [3.8, 4) is 0 Å². The van der Waals surface area contributed by atoms with Gasteiger partial charge in [-0.2, -0.15) is 0 Å². The Bertz CT molecular complexity index is 604. The maximum Gasteiger partial charge on any atom is 0.0653 e. The van der Waals surface area contributed by atoms with Crippen molar-refractivity contribution in [1.29, 1.82) is 0 Å². The van der Waals surface area contributed by atoms with E-state index < -0.39 is 0 Å². The molecule has 23 heavy (non-hydrogen) atoms. The Hall–Kier alpha value is -1.23. The molecule has 0 aliphatic rings. The van der Waals surface area contributed by atoms with Crippen molar-refractivity contribution >= 4 is 40.7 Å². The summed E-state index contributed by atoms with van der Waals surface area (Å²) in [5, 5.41) is 11.0. The van der Waals surface area contributed by atoms with E-state index in [9.17, 15) is 0 Å². The Balaban J connectivity index is 2.48. The molecule has 0 aliphatic carbocycles. The van der Waals surface area contributed by atoms with E-state index in [0.717, 1.165) is 27.2 Å². The molecule has 0 spiro atoms. The molecule has 1 aromatic rings. The number of halogens is 1. The van der Waals surface area contributed by atoms with Gasteiger partial charge in [-0.1, -0.05) is 66.5 Å². The molecule has 0 saturated heterocycles. The molecule has 0 fully saturated rings. The molecule has 1 aromatic carbocycles. The van der Waals surface area contributed by atoms with Gasteiger partial charge < -0.3 is 10.6 Å². The summed E-state index contributed by atoms with van der Waals surface area (Å²) in [4.78, 5) is 1.20. The van der Waals surface area contributed by atoms with Crippen molar-refractivity contribution in [2.45, 2.75) is 13.8 Å². The van der Waals surface area contributed by atoms with Crippen molar-refractivity contribution < 1.29 is 0 Å². The molecule has 0 unspecified atom stereocenters. The SMILES string of the molecule is C=C(NC/C(=C/C)SC(=C)NC)S/C=C(\C)c1ccc(Cl)cc1. The van der Waals surface area contributed by atoms with Gasteiger partial charge in [-0.15, -0.1) is 0 Å². The monoisotopic (exact) mass is 366 g/mol. The van der Waals surface area contributed by atoms with Gasteiger partial charge >= 0.3 is 0 Å². The summed E-state index contributed by atoms with van der Waals surface area (Å²) in [6.45, 7) is 12.8. The van der Waals surface area contributed by atoms with Crippen molar-refractivity contribution in [3.63, 3.8) is 0 Å². The summed E-state index contributed by atoms with van der Waals surface area (Å²) >= 11 is 9.12. The molecule has 124 valence electrons. The molecule has 0 saturated carbocycles. The van der Waals surface area contributed by atoms with Crippen LogP contribution in [-0.2, 0) is 0 Å². The van der Waals surface area contributed by atoms with Crippen molar-refractivity contribution in [2.75, 3.05) is 13.6 Å². The average Bonchev–Trinajstić information content (AvgIpc) is 2.56. The van der Waals surface area contributed by atoms with E-state index in [-0.39, 0.29) is 0 Å². The zero-order chi connectivity index (χ0) is 17.2. The molecular formula is C18H23ClN2S2. The van der Waals surface area contributed by atoms with Gasteiger partial charge in [-0.25, -0.2) is 0 Å². The highest BCUT2D eigenvalue weighted by molar-refractivity contribution is 8.06. The zero-order valence-electron chi connectivity index (χ0n) is 13.8. The second kappa shape index (κ2) is 10.5. The topological polar surface area (TPSA) is 24.1 Å². The average molecular weight is 367 g/mol. The van der Waals surface area contributed by atoms with Gasteiger partial charge in [0.2, 0.25) is 0 Å². The maximum absolute atomic E-state index is 5.91. The largest absolute Gasteiger partial charge is 0.383 e. The Labute approximate surface area is 153 Å². The third-order valence-electron chi connectivity index (χ3n) is 2.99. The van der Waals surface area contributed by atoms with E-state index in [2.05, 4.69) is 42.2 Å². The smallest absolute Gasteiger partial charge is 0.0653 e. The van der Waals surface area contributed by atoms with Crippen LogP contribution in [0.5, 0.6) is 0 Å². The van der Waals surface area contributed by atoms with Gasteiger partial charge in [-0.05, 0) is 42.5 Å². The quantitative estimate of drug-likeness (QED) is 0.574. The molecule has 1 rings (SSSR count). The lowest BCUT2D eigenvalue weighted by Gasteiger charge is -2.12. The first-order valence-corrected chi connectivity index (χ1v) is 9.25. The zero-order valence-corrected chi connectivity index (χ0v) is 16.2. The first-order chi connectivity index (χ1) is 11.0. The normalized spacial score (nSPS) is 12.0. The second-order valence-electron chi connectivity index (χ2n) is 4.73. The molecule has 0 aromatic heterocycles. The minimum absolute atomic E-state index is 0.738. The highest BCUT2D eigenvalue weighted by atomic mass is 35.5. The first-order valence-electron chi connectivity index (χ1n) is 7.18. The fourth-order valence-electron chi connectivity index (χ4n) is 1.57. The number of rotatable bonds is 9. The van der Waals surface area contributed by atoms with Crippen molar-refractivity contribution in [1.82, 2.24) is 10.6 Å². The van der Waals surface area contributed by atoms with E-state index >= 15 is 0 Å². The summed E-state index contributed by atoms with van der Waals surface area (Å²) in [5.41, 5.74) is 2.34. The lowest BCUT2D eigenvalue weighted by Crippen LogP contribution is -2.13. The van der Waals surface area contributed by atoms with Gasteiger partial charge in [0.25, 0.3) is 0 Å². The van der Waals surface area contributed by atoms with Crippen molar-refractivity contribution in [2.24, 2.45) is 0 Å². The van der Waals surface area contributed by atoms with Crippen LogP contribution in [0.15, 0.2) is 63.9 Å². The Morgan fingerprint density at radius 3 is 2.43 bits per heavy atom. The Morgan fingerprint density at radius 2 is 1.87 bits per heavy atom. The molecule has 0 heterocycles. The number of hydrogen-bond acceptors (Lipinski definition) is 4. The lowest BCUT2D eigenvalue weighted by molar-refractivity contribution is 0.960. The molecule has 0 bridgehead atoms. The van der Waals surface area contributed by atoms with Crippen molar-refractivity contribution in [3.05, 3.63) is 74.5 Å². The predicted molar refractivity (Wildman–Crippen MR) is 109 cm³/mol. The predicted octanol–water partition coefficient (Wildman–Crippen LogP) is 5.82. The van der Waals surface area contributed by atoms with Crippen LogP contribution in [0.25, 0.3) is 5.57 Å². The highest BCUT2D eigenvalue weighted by Gasteiger charge is 2.01. The van der Waals surface area contributed by atoms with Crippen LogP contribution in [0.2, 0.25) is 5.02 Å². The summed E-state index contributed by atoms with van der Waals surface area (Å²) < 4.78 is 0. The van der Waals surface area contributed by atoms with Crippen LogP contribution in [0.1, 0.15) is 19.4 Å².